The molecule has 1 aliphatic heterocycles. The Morgan fingerprint density at radius 1 is 1.37 bits per heavy atom. The van der Waals surface area contributed by atoms with Crippen molar-refractivity contribution in [2.24, 2.45) is 0 Å². The third-order valence-corrected chi connectivity index (χ3v) is 3.76. The monoisotopic (exact) mass is 281 g/mol. The second-order valence-electron chi connectivity index (χ2n) is 4.70. The van der Waals surface area contributed by atoms with Gasteiger partial charge in [0, 0.05) is 12.1 Å². The van der Waals surface area contributed by atoms with Gasteiger partial charge in [-0.25, -0.2) is 9.37 Å². The van der Waals surface area contributed by atoms with Crippen LogP contribution >= 0.6 is 11.6 Å². The standard InChI is InChI=1S/C13H13ClFN3O/c14-13-17-11-7-8(15)1-2-10(11)12(19)18(13)9-3-5-16-6-4-9/h1-2,7,9,16H,3-6H2. The van der Waals surface area contributed by atoms with Crippen LogP contribution in [0.4, 0.5) is 4.39 Å². The highest BCUT2D eigenvalue weighted by atomic mass is 35.5. The highest BCUT2D eigenvalue weighted by molar-refractivity contribution is 6.28. The number of nitrogens with zero attached hydrogens (tertiary/aromatic N) is 2. The van der Waals surface area contributed by atoms with E-state index in [-0.39, 0.29) is 16.9 Å². The van der Waals surface area contributed by atoms with Gasteiger partial charge in [0.15, 0.2) is 0 Å². The zero-order valence-corrected chi connectivity index (χ0v) is 11.0. The number of piperidine rings is 1. The lowest BCUT2D eigenvalue weighted by Crippen LogP contribution is -2.35. The molecule has 0 atom stereocenters. The quantitative estimate of drug-likeness (QED) is 0.815. The Morgan fingerprint density at radius 2 is 2.11 bits per heavy atom. The van der Waals surface area contributed by atoms with E-state index in [1.165, 1.54) is 22.8 Å². The largest absolute Gasteiger partial charge is 0.317 e. The average Bonchev–Trinajstić information content (AvgIpc) is 2.39. The Labute approximate surface area is 114 Å². The first-order chi connectivity index (χ1) is 9.16. The van der Waals surface area contributed by atoms with E-state index in [2.05, 4.69) is 10.3 Å². The van der Waals surface area contributed by atoms with Crippen molar-refractivity contribution >= 4 is 22.5 Å². The number of aromatic nitrogens is 2. The molecule has 0 saturated carbocycles. The van der Waals surface area contributed by atoms with Crippen LogP contribution in [-0.4, -0.2) is 22.6 Å². The van der Waals surface area contributed by atoms with Crippen LogP contribution < -0.4 is 10.9 Å². The van der Waals surface area contributed by atoms with Crippen molar-refractivity contribution in [3.63, 3.8) is 0 Å². The number of fused-ring (bicyclic) bond motifs is 1. The molecule has 1 saturated heterocycles. The summed E-state index contributed by atoms with van der Waals surface area (Å²) in [6, 6.07) is 4.03. The van der Waals surface area contributed by atoms with E-state index in [1.807, 2.05) is 0 Å². The molecule has 3 rings (SSSR count). The molecule has 0 bridgehead atoms. The Kier molecular flexibility index (Phi) is 3.24. The molecule has 1 aromatic heterocycles. The first kappa shape index (κ1) is 12.6. The molecule has 0 amide bonds. The molecule has 0 unspecified atom stereocenters. The van der Waals surface area contributed by atoms with Gasteiger partial charge in [-0.05, 0) is 49.7 Å². The molecule has 2 heterocycles. The maximum Gasteiger partial charge on any atom is 0.262 e. The molecule has 19 heavy (non-hydrogen) atoms. The number of benzene rings is 1. The molecule has 1 aromatic carbocycles. The summed E-state index contributed by atoms with van der Waals surface area (Å²) in [4.78, 5) is 16.6. The molecule has 2 aromatic rings. The second-order valence-corrected chi connectivity index (χ2v) is 5.04. The molecule has 0 aliphatic carbocycles. The van der Waals surface area contributed by atoms with Crippen LogP contribution in [0.2, 0.25) is 5.28 Å². The predicted octanol–water partition coefficient (Wildman–Crippen LogP) is 2.11. The summed E-state index contributed by atoms with van der Waals surface area (Å²) in [5.74, 6) is -0.421. The smallest absolute Gasteiger partial charge is 0.262 e. The third kappa shape index (κ3) is 2.24. The van der Waals surface area contributed by atoms with Crippen molar-refractivity contribution in [2.45, 2.75) is 18.9 Å². The lowest BCUT2D eigenvalue weighted by atomic mass is 10.1. The molecule has 1 aliphatic rings. The van der Waals surface area contributed by atoms with Gasteiger partial charge in [0.2, 0.25) is 5.28 Å². The summed E-state index contributed by atoms with van der Waals surface area (Å²) >= 11 is 6.10. The number of hydrogen-bond acceptors (Lipinski definition) is 3. The van der Waals surface area contributed by atoms with Crippen molar-refractivity contribution in [1.82, 2.24) is 14.9 Å². The van der Waals surface area contributed by atoms with E-state index >= 15 is 0 Å². The summed E-state index contributed by atoms with van der Waals surface area (Å²) in [6.45, 7) is 1.71. The van der Waals surface area contributed by atoms with Crippen LogP contribution in [0.5, 0.6) is 0 Å². The molecular weight excluding hydrogens is 269 g/mol. The van der Waals surface area contributed by atoms with E-state index in [1.54, 1.807) is 0 Å². The molecule has 1 N–H and O–H groups in total. The normalized spacial score (nSPS) is 16.9. The van der Waals surface area contributed by atoms with E-state index < -0.39 is 5.82 Å². The maximum absolute atomic E-state index is 13.2. The zero-order chi connectivity index (χ0) is 13.4. The maximum atomic E-state index is 13.2. The fraction of sp³-hybridized carbons (Fsp3) is 0.385. The van der Waals surface area contributed by atoms with E-state index in [4.69, 9.17) is 11.6 Å². The second kappa shape index (κ2) is 4.90. The fourth-order valence-corrected chi connectivity index (χ4v) is 2.83. The van der Waals surface area contributed by atoms with Crippen LogP contribution in [0.25, 0.3) is 10.9 Å². The van der Waals surface area contributed by atoms with Crippen molar-refractivity contribution in [3.8, 4) is 0 Å². The van der Waals surface area contributed by atoms with Gasteiger partial charge >= 0.3 is 0 Å². The SMILES string of the molecule is O=c1c2ccc(F)cc2nc(Cl)n1C1CCNCC1. The topological polar surface area (TPSA) is 46.9 Å². The third-order valence-electron chi connectivity index (χ3n) is 3.49. The van der Waals surface area contributed by atoms with Gasteiger partial charge in [-0.15, -0.1) is 0 Å². The Bertz CT molecular complexity index is 679. The minimum atomic E-state index is -0.421. The van der Waals surface area contributed by atoms with Crippen LogP contribution in [-0.2, 0) is 0 Å². The van der Waals surface area contributed by atoms with E-state index in [0.29, 0.717) is 10.9 Å². The number of nitrogens with one attached hydrogen (secondary N) is 1. The average molecular weight is 282 g/mol. The van der Waals surface area contributed by atoms with Crippen molar-refractivity contribution < 1.29 is 4.39 Å². The first-order valence-corrected chi connectivity index (χ1v) is 6.62. The summed E-state index contributed by atoms with van der Waals surface area (Å²) < 4.78 is 14.7. The number of halogens is 2. The van der Waals surface area contributed by atoms with Crippen LogP contribution in [0.1, 0.15) is 18.9 Å². The molecule has 100 valence electrons. The minimum absolute atomic E-state index is 0.0585. The van der Waals surface area contributed by atoms with Gasteiger partial charge in [-0.3, -0.25) is 9.36 Å². The first-order valence-electron chi connectivity index (χ1n) is 6.25. The minimum Gasteiger partial charge on any atom is -0.317 e. The fourth-order valence-electron chi connectivity index (χ4n) is 2.53. The molecule has 0 radical (unpaired) electrons. The van der Waals surface area contributed by atoms with E-state index in [9.17, 15) is 9.18 Å². The number of rotatable bonds is 1. The summed E-state index contributed by atoms with van der Waals surface area (Å²) in [5.41, 5.74) is 0.113. The molecule has 6 heteroatoms. The van der Waals surface area contributed by atoms with Crippen molar-refractivity contribution in [3.05, 3.63) is 39.7 Å². The van der Waals surface area contributed by atoms with E-state index in [0.717, 1.165) is 25.9 Å². The highest BCUT2D eigenvalue weighted by Gasteiger charge is 2.20. The lowest BCUT2D eigenvalue weighted by Gasteiger charge is -2.25. The molecular formula is C13H13ClFN3O. The van der Waals surface area contributed by atoms with Gasteiger partial charge in [0.1, 0.15) is 5.82 Å². The summed E-state index contributed by atoms with van der Waals surface area (Å²) in [5, 5.41) is 3.78. The zero-order valence-electron chi connectivity index (χ0n) is 10.2. The highest BCUT2D eigenvalue weighted by Crippen LogP contribution is 2.22. The summed E-state index contributed by atoms with van der Waals surface area (Å²) in [7, 11) is 0. The number of hydrogen-bond donors (Lipinski definition) is 1. The van der Waals surface area contributed by atoms with Crippen LogP contribution in [0, 0.1) is 5.82 Å². The molecule has 1 fully saturated rings. The Balaban J connectivity index is 2.19. The van der Waals surface area contributed by atoms with Gasteiger partial charge in [0.05, 0.1) is 10.9 Å². The van der Waals surface area contributed by atoms with Crippen LogP contribution in [0.15, 0.2) is 23.0 Å². The summed E-state index contributed by atoms with van der Waals surface area (Å²) in [6.07, 6.45) is 1.68. The van der Waals surface area contributed by atoms with Gasteiger partial charge in [-0.1, -0.05) is 0 Å². The lowest BCUT2D eigenvalue weighted by molar-refractivity contribution is 0.360. The van der Waals surface area contributed by atoms with Crippen molar-refractivity contribution in [1.29, 1.82) is 0 Å². The Hall–Kier alpha value is -1.46. The molecule has 4 nitrogen and oxygen atoms in total. The predicted molar refractivity (Wildman–Crippen MR) is 72.1 cm³/mol. The van der Waals surface area contributed by atoms with Crippen LogP contribution in [0.3, 0.4) is 0 Å². The van der Waals surface area contributed by atoms with Gasteiger partial charge in [-0.2, -0.15) is 0 Å². The van der Waals surface area contributed by atoms with Gasteiger partial charge < -0.3 is 5.32 Å². The molecule has 0 spiro atoms. The van der Waals surface area contributed by atoms with Crippen molar-refractivity contribution in [2.75, 3.05) is 13.1 Å². The Morgan fingerprint density at radius 3 is 2.84 bits per heavy atom. The van der Waals surface area contributed by atoms with Gasteiger partial charge in [0.25, 0.3) is 5.56 Å².